The Balaban J connectivity index is 1.37. The van der Waals surface area contributed by atoms with Crippen LogP contribution in [0.4, 0.5) is 18.0 Å². The molecule has 182 valence electrons. The number of alkyl carbamates (subject to hydrolysis) is 1. The zero-order valence-electron chi connectivity index (χ0n) is 18.9. The number of ether oxygens (including phenoxy) is 1. The van der Waals surface area contributed by atoms with Crippen LogP contribution in [0.5, 0.6) is 0 Å². The lowest BCUT2D eigenvalue weighted by Gasteiger charge is -2.18. The van der Waals surface area contributed by atoms with Gasteiger partial charge in [-0.1, -0.05) is 60.7 Å². The van der Waals surface area contributed by atoms with E-state index in [1.165, 1.54) is 19.1 Å². The second kappa shape index (κ2) is 9.82. The first-order chi connectivity index (χ1) is 16.6. The topological polar surface area (TPSA) is 75.6 Å². The fourth-order valence-electron chi connectivity index (χ4n) is 4.55. The van der Waals surface area contributed by atoms with Crippen molar-refractivity contribution in [2.75, 3.05) is 6.61 Å². The minimum atomic E-state index is -4.45. The van der Waals surface area contributed by atoms with Crippen molar-refractivity contribution < 1.29 is 32.6 Å². The standard InChI is InChI=1S/C27H24F3NO4/c1-16-14-17(10-12-23(16)27(28,29)30)11-13-24(25(32)33)31-26(34)35-15-22-20-8-4-2-6-18(20)19-7-3-5-9-21(19)22/h2-10,12,14,22,24H,11,13,15H2,1H3,(H,31,34)(H,32,33)/t24-/m0/s1. The van der Waals surface area contributed by atoms with Gasteiger partial charge in [0.05, 0.1) is 5.56 Å². The molecular weight excluding hydrogens is 459 g/mol. The SMILES string of the molecule is Cc1cc(CC[C@H](NC(=O)OCC2c3ccccc3-c3ccccc32)C(=O)O)ccc1C(F)(F)F. The smallest absolute Gasteiger partial charge is 0.416 e. The molecule has 35 heavy (non-hydrogen) atoms. The molecule has 5 nitrogen and oxygen atoms in total. The van der Waals surface area contributed by atoms with E-state index in [-0.39, 0.29) is 30.9 Å². The molecule has 1 amide bonds. The molecule has 0 bridgehead atoms. The van der Waals surface area contributed by atoms with Crippen LogP contribution in [-0.4, -0.2) is 29.8 Å². The van der Waals surface area contributed by atoms with Gasteiger partial charge >= 0.3 is 18.2 Å². The number of carbonyl (C=O) groups excluding carboxylic acids is 1. The molecule has 3 aromatic rings. The highest BCUT2D eigenvalue weighted by Gasteiger charge is 2.32. The van der Waals surface area contributed by atoms with Crippen molar-refractivity contribution in [1.82, 2.24) is 5.32 Å². The molecule has 2 N–H and O–H groups in total. The van der Waals surface area contributed by atoms with E-state index in [1.807, 2.05) is 48.5 Å². The van der Waals surface area contributed by atoms with Crippen LogP contribution in [0.15, 0.2) is 66.7 Å². The lowest BCUT2D eigenvalue weighted by molar-refractivity contribution is -0.139. The normalized spacial score (nSPS) is 13.6. The molecule has 1 aliphatic carbocycles. The number of nitrogens with one attached hydrogen (secondary N) is 1. The highest BCUT2D eigenvalue weighted by Crippen LogP contribution is 2.44. The summed E-state index contributed by atoms with van der Waals surface area (Å²) in [4.78, 5) is 24.1. The summed E-state index contributed by atoms with van der Waals surface area (Å²) in [6.45, 7) is 1.40. The number of rotatable bonds is 7. The maximum Gasteiger partial charge on any atom is 0.416 e. The first kappa shape index (κ1) is 24.3. The maximum absolute atomic E-state index is 13.0. The number of halogens is 3. The highest BCUT2D eigenvalue weighted by atomic mass is 19.4. The molecule has 0 fully saturated rings. The van der Waals surface area contributed by atoms with Gasteiger partial charge in [-0.05, 0) is 59.2 Å². The van der Waals surface area contributed by atoms with E-state index in [2.05, 4.69) is 5.32 Å². The lowest BCUT2D eigenvalue weighted by Crippen LogP contribution is -2.41. The summed E-state index contributed by atoms with van der Waals surface area (Å²) < 4.78 is 44.3. The van der Waals surface area contributed by atoms with Gasteiger partial charge in [-0.25, -0.2) is 9.59 Å². The van der Waals surface area contributed by atoms with Gasteiger partial charge in [-0.3, -0.25) is 0 Å². The molecule has 0 aromatic heterocycles. The molecule has 0 unspecified atom stereocenters. The predicted octanol–water partition coefficient (Wildman–Crippen LogP) is 5.94. The van der Waals surface area contributed by atoms with Crippen molar-refractivity contribution in [3.8, 4) is 11.1 Å². The van der Waals surface area contributed by atoms with Crippen molar-refractivity contribution in [2.45, 2.75) is 37.9 Å². The summed E-state index contributed by atoms with van der Waals surface area (Å²) in [7, 11) is 0. The number of carboxylic acids is 1. The number of hydrogen-bond acceptors (Lipinski definition) is 3. The quantitative estimate of drug-likeness (QED) is 0.436. The van der Waals surface area contributed by atoms with Gasteiger partial charge in [0.1, 0.15) is 12.6 Å². The zero-order valence-corrected chi connectivity index (χ0v) is 18.9. The lowest BCUT2D eigenvalue weighted by atomic mass is 9.98. The van der Waals surface area contributed by atoms with E-state index in [0.29, 0.717) is 5.56 Å². The molecule has 0 heterocycles. The van der Waals surface area contributed by atoms with E-state index in [4.69, 9.17) is 4.74 Å². The second-order valence-corrected chi connectivity index (χ2v) is 8.55. The van der Waals surface area contributed by atoms with Crippen molar-refractivity contribution in [2.24, 2.45) is 0 Å². The Hall–Kier alpha value is -3.81. The van der Waals surface area contributed by atoms with E-state index in [9.17, 15) is 27.9 Å². The van der Waals surface area contributed by atoms with Gasteiger partial charge in [0.2, 0.25) is 0 Å². The number of alkyl halides is 3. The largest absolute Gasteiger partial charge is 0.480 e. The van der Waals surface area contributed by atoms with E-state index in [1.54, 1.807) is 0 Å². The Kier molecular flexibility index (Phi) is 6.82. The minimum absolute atomic E-state index is 0.00430. The van der Waals surface area contributed by atoms with Crippen LogP contribution in [0.1, 0.15) is 40.2 Å². The van der Waals surface area contributed by atoms with Gasteiger partial charge in [-0.2, -0.15) is 13.2 Å². The number of benzene rings is 3. The van der Waals surface area contributed by atoms with E-state index in [0.717, 1.165) is 28.3 Å². The first-order valence-corrected chi connectivity index (χ1v) is 11.2. The number of carboxylic acid groups (broad SMARTS) is 1. The molecular formula is C27H24F3NO4. The van der Waals surface area contributed by atoms with Crippen LogP contribution < -0.4 is 5.32 Å². The Labute approximate surface area is 200 Å². The van der Waals surface area contributed by atoms with Gasteiger partial charge < -0.3 is 15.2 Å². The number of amides is 1. The van der Waals surface area contributed by atoms with Crippen LogP contribution in [-0.2, 0) is 22.1 Å². The minimum Gasteiger partial charge on any atom is -0.480 e. The van der Waals surface area contributed by atoms with E-state index >= 15 is 0 Å². The third kappa shape index (κ3) is 5.31. The van der Waals surface area contributed by atoms with Crippen molar-refractivity contribution in [3.05, 3.63) is 94.5 Å². The van der Waals surface area contributed by atoms with Crippen molar-refractivity contribution in [3.63, 3.8) is 0 Å². The Morgan fingerprint density at radius 3 is 2.14 bits per heavy atom. The molecule has 1 atom stereocenters. The van der Waals surface area contributed by atoms with E-state index < -0.39 is 29.8 Å². The van der Waals surface area contributed by atoms with Crippen molar-refractivity contribution >= 4 is 12.1 Å². The monoisotopic (exact) mass is 483 g/mol. The number of aryl methyl sites for hydroxylation is 2. The molecule has 4 rings (SSSR count). The van der Waals surface area contributed by atoms with Crippen LogP contribution in [0.2, 0.25) is 0 Å². The Morgan fingerprint density at radius 2 is 1.60 bits per heavy atom. The average Bonchev–Trinajstić information content (AvgIpc) is 3.13. The van der Waals surface area contributed by atoms with Crippen LogP contribution in [0.3, 0.4) is 0 Å². The first-order valence-electron chi connectivity index (χ1n) is 11.2. The predicted molar refractivity (Wildman–Crippen MR) is 124 cm³/mol. The molecule has 0 spiro atoms. The zero-order chi connectivity index (χ0) is 25.2. The summed E-state index contributed by atoms with van der Waals surface area (Å²) in [5.74, 6) is -1.41. The molecule has 8 heteroatoms. The van der Waals surface area contributed by atoms with Crippen LogP contribution in [0, 0.1) is 6.92 Å². The molecule has 1 aliphatic rings. The van der Waals surface area contributed by atoms with Gasteiger partial charge in [0, 0.05) is 5.92 Å². The van der Waals surface area contributed by atoms with Gasteiger partial charge in [0.25, 0.3) is 0 Å². The van der Waals surface area contributed by atoms with Gasteiger partial charge in [0.15, 0.2) is 0 Å². The summed E-state index contributed by atoms with van der Waals surface area (Å²) in [5.41, 5.74) is 4.11. The molecule has 0 saturated carbocycles. The number of fused-ring (bicyclic) bond motifs is 3. The molecule has 0 saturated heterocycles. The fraction of sp³-hybridized carbons (Fsp3) is 0.259. The number of aliphatic carboxylic acids is 1. The van der Waals surface area contributed by atoms with Crippen LogP contribution >= 0.6 is 0 Å². The van der Waals surface area contributed by atoms with Gasteiger partial charge in [-0.15, -0.1) is 0 Å². The second-order valence-electron chi connectivity index (χ2n) is 8.55. The summed E-state index contributed by atoms with van der Waals surface area (Å²) in [5, 5.41) is 11.9. The fourth-order valence-corrected chi connectivity index (χ4v) is 4.55. The molecule has 3 aromatic carbocycles. The van der Waals surface area contributed by atoms with Crippen LogP contribution in [0.25, 0.3) is 11.1 Å². The number of carbonyl (C=O) groups is 2. The third-order valence-electron chi connectivity index (χ3n) is 6.25. The summed E-state index contributed by atoms with van der Waals surface area (Å²) >= 11 is 0. The highest BCUT2D eigenvalue weighted by molar-refractivity contribution is 5.81. The Bertz CT molecular complexity index is 1210. The third-order valence-corrected chi connectivity index (χ3v) is 6.25. The average molecular weight is 483 g/mol. The molecule has 0 radical (unpaired) electrons. The summed E-state index contributed by atoms with van der Waals surface area (Å²) in [6.07, 6.45) is -5.12. The molecule has 0 aliphatic heterocycles. The number of hydrogen-bond donors (Lipinski definition) is 2. The maximum atomic E-state index is 13.0. The van der Waals surface area contributed by atoms with Crippen molar-refractivity contribution in [1.29, 1.82) is 0 Å². The summed E-state index contributed by atoms with van der Waals surface area (Å²) in [6, 6.07) is 18.2. The Morgan fingerprint density at radius 1 is 1.00 bits per heavy atom.